The molecule has 1 aliphatic rings. The molecule has 62 valence electrons. The van der Waals surface area contributed by atoms with E-state index in [1.165, 1.54) is 6.08 Å². The highest BCUT2D eigenvalue weighted by Crippen LogP contribution is 2.37. The molecule has 0 aromatic rings. The van der Waals surface area contributed by atoms with E-state index < -0.39 is 5.97 Å². The van der Waals surface area contributed by atoms with Crippen molar-refractivity contribution in [3.05, 3.63) is 11.6 Å². The van der Waals surface area contributed by atoms with Crippen LogP contribution in [0.4, 0.5) is 0 Å². The van der Waals surface area contributed by atoms with Gasteiger partial charge in [-0.15, -0.1) is 0 Å². The topological polar surface area (TPSA) is 37.3 Å². The lowest BCUT2D eigenvalue weighted by Crippen LogP contribution is -2.20. The van der Waals surface area contributed by atoms with Gasteiger partial charge >= 0.3 is 5.97 Å². The third-order valence-corrected chi connectivity index (χ3v) is 2.32. The Balaban J connectivity index is 2.34. The molecule has 0 aromatic heterocycles. The van der Waals surface area contributed by atoms with Crippen LogP contribution in [-0.2, 0) is 4.79 Å². The largest absolute Gasteiger partial charge is 0.478 e. The normalized spacial score (nSPS) is 23.2. The van der Waals surface area contributed by atoms with E-state index in [1.54, 1.807) is 0 Å². The van der Waals surface area contributed by atoms with Crippen LogP contribution in [0.3, 0.4) is 0 Å². The first-order valence-corrected chi connectivity index (χ1v) is 4.02. The molecule has 0 bridgehead atoms. The van der Waals surface area contributed by atoms with Crippen LogP contribution >= 0.6 is 0 Å². The highest BCUT2D eigenvalue weighted by atomic mass is 16.4. The Morgan fingerprint density at radius 2 is 2.18 bits per heavy atom. The van der Waals surface area contributed by atoms with Crippen molar-refractivity contribution in [2.24, 2.45) is 11.8 Å². The molecule has 0 spiro atoms. The molecule has 1 aliphatic carbocycles. The van der Waals surface area contributed by atoms with Gasteiger partial charge in [0.2, 0.25) is 0 Å². The van der Waals surface area contributed by atoms with Crippen molar-refractivity contribution in [1.82, 2.24) is 0 Å². The molecule has 0 radical (unpaired) electrons. The lowest BCUT2D eigenvalue weighted by atomic mass is 9.73. The number of rotatable bonds is 2. The number of hydrogen-bond acceptors (Lipinski definition) is 1. The van der Waals surface area contributed by atoms with Crippen molar-refractivity contribution in [3.63, 3.8) is 0 Å². The van der Waals surface area contributed by atoms with Crippen LogP contribution < -0.4 is 0 Å². The minimum atomic E-state index is -0.804. The zero-order chi connectivity index (χ0) is 8.43. The minimum Gasteiger partial charge on any atom is -0.478 e. The second kappa shape index (κ2) is 3.07. The molecule has 0 saturated heterocycles. The molecule has 0 heterocycles. The van der Waals surface area contributed by atoms with Gasteiger partial charge in [0.15, 0.2) is 0 Å². The summed E-state index contributed by atoms with van der Waals surface area (Å²) in [5.74, 6) is 0.615. The van der Waals surface area contributed by atoms with Crippen LogP contribution in [0.2, 0.25) is 0 Å². The number of carboxylic acids is 1. The molecule has 2 nitrogen and oxygen atoms in total. The zero-order valence-corrected chi connectivity index (χ0v) is 7.00. The van der Waals surface area contributed by atoms with E-state index >= 15 is 0 Å². The number of carboxylic acid groups (broad SMARTS) is 1. The Morgan fingerprint density at radius 3 is 2.55 bits per heavy atom. The molecule has 0 unspecified atom stereocenters. The van der Waals surface area contributed by atoms with Crippen LogP contribution in [0.5, 0.6) is 0 Å². The Hall–Kier alpha value is -0.790. The van der Waals surface area contributed by atoms with E-state index in [9.17, 15) is 4.79 Å². The average molecular weight is 154 g/mol. The lowest BCUT2D eigenvalue weighted by Gasteiger charge is -2.32. The maximum atomic E-state index is 10.2. The Bertz CT molecular complexity index is 184. The molecule has 1 rings (SSSR count). The summed E-state index contributed by atoms with van der Waals surface area (Å²) in [4.78, 5) is 10.2. The van der Waals surface area contributed by atoms with Crippen LogP contribution in [0.1, 0.15) is 26.7 Å². The van der Waals surface area contributed by atoms with Crippen molar-refractivity contribution < 1.29 is 9.90 Å². The molecular formula is C9H14O2. The smallest absolute Gasteiger partial charge is 0.328 e. The Kier molecular flexibility index (Phi) is 2.32. The van der Waals surface area contributed by atoms with Crippen LogP contribution in [0.25, 0.3) is 0 Å². The highest BCUT2D eigenvalue weighted by Gasteiger charge is 2.25. The Morgan fingerprint density at radius 1 is 1.64 bits per heavy atom. The van der Waals surface area contributed by atoms with E-state index in [1.807, 2.05) is 0 Å². The quantitative estimate of drug-likeness (QED) is 0.618. The number of hydrogen-bond donors (Lipinski definition) is 1. The van der Waals surface area contributed by atoms with E-state index in [-0.39, 0.29) is 0 Å². The summed E-state index contributed by atoms with van der Waals surface area (Å²) in [5.41, 5.74) is 1.09. The maximum absolute atomic E-state index is 10.2. The summed E-state index contributed by atoms with van der Waals surface area (Å²) in [6.07, 6.45) is 3.33. The van der Waals surface area contributed by atoms with Gasteiger partial charge in [-0.2, -0.15) is 0 Å². The molecule has 1 N–H and O–H groups in total. The van der Waals surface area contributed by atoms with E-state index in [0.29, 0.717) is 5.92 Å². The summed E-state index contributed by atoms with van der Waals surface area (Å²) in [6.45, 7) is 4.37. The summed E-state index contributed by atoms with van der Waals surface area (Å²) in [7, 11) is 0. The van der Waals surface area contributed by atoms with Gasteiger partial charge in [-0.25, -0.2) is 4.79 Å². The average Bonchev–Trinajstić information content (AvgIpc) is 1.75. The fourth-order valence-electron chi connectivity index (χ4n) is 1.38. The minimum absolute atomic E-state index is 0.695. The molecule has 1 saturated carbocycles. The van der Waals surface area contributed by atoms with Gasteiger partial charge < -0.3 is 5.11 Å². The molecule has 0 aromatic carbocycles. The van der Waals surface area contributed by atoms with Gasteiger partial charge in [0.25, 0.3) is 0 Å². The van der Waals surface area contributed by atoms with Crippen LogP contribution in [0, 0.1) is 11.8 Å². The first-order chi connectivity index (χ1) is 5.09. The predicted octanol–water partition coefficient (Wildman–Crippen LogP) is 2.06. The number of carbonyl (C=O) groups is 1. The summed E-state index contributed by atoms with van der Waals surface area (Å²) in [5, 5.41) is 8.40. The molecule has 0 amide bonds. The van der Waals surface area contributed by atoms with Gasteiger partial charge in [0.05, 0.1) is 0 Å². The van der Waals surface area contributed by atoms with Gasteiger partial charge in [-0.3, -0.25) is 0 Å². The maximum Gasteiger partial charge on any atom is 0.328 e. The lowest BCUT2D eigenvalue weighted by molar-refractivity contribution is -0.131. The van der Waals surface area contributed by atoms with Crippen molar-refractivity contribution >= 4 is 5.97 Å². The summed E-state index contributed by atoms with van der Waals surface area (Å²) in [6, 6.07) is 0. The van der Waals surface area contributed by atoms with Crippen LogP contribution in [0.15, 0.2) is 11.6 Å². The highest BCUT2D eigenvalue weighted by molar-refractivity contribution is 5.80. The molecule has 0 aliphatic heterocycles. The van der Waals surface area contributed by atoms with E-state index in [4.69, 9.17) is 5.11 Å². The number of aliphatic carboxylic acids is 1. The fourth-order valence-corrected chi connectivity index (χ4v) is 1.38. The molecule has 1 fully saturated rings. The van der Waals surface area contributed by atoms with Gasteiger partial charge in [0, 0.05) is 6.08 Å². The van der Waals surface area contributed by atoms with Crippen LogP contribution in [-0.4, -0.2) is 11.1 Å². The van der Waals surface area contributed by atoms with Gasteiger partial charge in [0.1, 0.15) is 0 Å². The third kappa shape index (κ3) is 2.07. The molecule has 11 heavy (non-hydrogen) atoms. The third-order valence-electron chi connectivity index (χ3n) is 2.32. The monoisotopic (exact) mass is 154 g/mol. The molecule has 0 atom stereocenters. The van der Waals surface area contributed by atoms with Gasteiger partial charge in [-0.05, 0) is 24.7 Å². The predicted molar refractivity (Wildman–Crippen MR) is 43.3 cm³/mol. The van der Waals surface area contributed by atoms with Crippen molar-refractivity contribution in [2.45, 2.75) is 26.7 Å². The fraction of sp³-hybridized carbons (Fsp3) is 0.667. The van der Waals surface area contributed by atoms with E-state index in [2.05, 4.69) is 13.8 Å². The van der Waals surface area contributed by atoms with E-state index in [0.717, 1.165) is 24.3 Å². The van der Waals surface area contributed by atoms with Crippen molar-refractivity contribution in [2.75, 3.05) is 0 Å². The number of allylic oxidation sites excluding steroid dienone is 1. The SMILES string of the molecule is CC(C)C1CC(=CC(=O)O)C1. The molecular weight excluding hydrogens is 140 g/mol. The second-order valence-electron chi connectivity index (χ2n) is 3.55. The first-order valence-electron chi connectivity index (χ1n) is 4.02. The zero-order valence-electron chi connectivity index (χ0n) is 7.00. The van der Waals surface area contributed by atoms with Crippen molar-refractivity contribution in [1.29, 1.82) is 0 Å². The Labute approximate surface area is 66.9 Å². The summed E-state index contributed by atoms with van der Waals surface area (Å²) < 4.78 is 0. The standard InChI is InChI=1S/C9H14O2/c1-6(2)8-3-7(4-8)5-9(10)11/h5-6,8H,3-4H2,1-2H3,(H,10,11). The molecule has 2 heteroatoms. The second-order valence-corrected chi connectivity index (χ2v) is 3.55. The summed E-state index contributed by atoms with van der Waals surface area (Å²) >= 11 is 0. The van der Waals surface area contributed by atoms with Crippen molar-refractivity contribution in [3.8, 4) is 0 Å². The first kappa shape index (κ1) is 8.31. The van der Waals surface area contributed by atoms with Gasteiger partial charge in [-0.1, -0.05) is 19.4 Å².